The van der Waals surface area contributed by atoms with Crippen LogP contribution in [-0.4, -0.2) is 16.6 Å². The molecule has 1 N–H and O–H groups in total. The molecular formula is C15H21N3O2. The summed E-state index contributed by atoms with van der Waals surface area (Å²) in [5.41, 5.74) is 1.14. The minimum atomic E-state index is 0.112. The number of aryl methyl sites for hydroxylation is 2. The Labute approximate surface area is 119 Å². The average molecular weight is 275 g/mol. The standard InChI is InChI=1S/C15H21N3O2/c1-5-6-19-15-8-14(16-9-17-15)18-11(3)13-7-10(2)20-12(13)4/h7-9,11H,5-6H2,1-4H3,(H,16,17,18). The van der Waals surface area contributed by atoms with E-state index in [-0.39, 0.29) is 6.04 Å². The number of nitrogens with zero attached hydrogens (tertiary/aromatic N) is 2. The highest BCUT2D eigenvalue weighted by Crippen LogP contribution is 2.24. The molecule has 1 unspecified atom stereocenters. The number of ether oxygens (including phenoxy) is 1. The van der Waals surface area contributed by atoms with Crippen molar-refractivity contribution in [2.24, 2.45) is 0 Å². The third-order valence-electron chi connectivity index (χ3n) is 3.01. The lowest BCUT2D eigenvalue weighted by molar-refractivity contribution is 0.305. The van der Waals surface area contributed by atoms with Crippen molar-refractivity contribution in [3.05, 3.63) is 35.5 Å². The van der Waals surface area contributed by atoms with Gasteiger partial charge in [-0.3, -0.25) is 0 Å². The van der Waals surface area contributed by atoms with Gasteiger partial charge in [0.1, 0.15) is 23.7 Å². The summed E-state index contributed by atoms with van der Waals surface area (Å²) in [4.78, 5) is 8.30. The summed E-state index contributed by atoms with van der Waals surface area (Å²) >= 11 is 0. The fourth-order valence-corrected chi connectivity index (χ4v) is 2.08. The summed E-state index contributed by atoms with van der Waals surface area (Å²) in [7, 11) is 0. The fourth-order valence-electron chi connectivity index (χ4n) is 2.08. The van der Waals surface area contributed by atoms with Crippen LogP contribution in [-0.2, 0) is 0 Å². The van der Waals surface area contributed by atoms with Crippen molar-refractivity contribution in [2.75, 3.05) is 11.9 Å². The first kappa shape index (κ1) is 14.4. The van der Waals surface area contributed by atoms with E-state index in [2.05, 4.69) is 29.1 Å². The van der Waals surface area contributed by atoms with Crippen LogP contribution in [0.4, 0.5) is 5.82 Å². The highest BCUT2D eigenvalue weighted by Gasteiger charge is 2.13. The van der Waals surface area contributed by atoms with Crippen molar-refractivity contribution in [1.29, 1.82) is 0 Å². The molecule has 5 heteroatoms. The molecule has 2 heterocycles. The molecule has 1 atom stereocenters. The zero-order valence-electron chi connectivity index (χ0n) is 12.4. The average Bonchev–Trinajstić information content (AvgIpc) is 2.76. The molecule has 5 nitrogen and oxygen atoms in total. The van der Waals surface area contributed by atoms with Crippen LogP contribution in [0.3, 0.4) is 0 Å². The smallest absolute Gasteiger partial charge is 0.218 e. The van der Waals surface area contributed by atoms with Crippen molar-refractivity contribution >= 4 is 5.82 Å². The first-order valence-corrected chi connectivity index (χ1v) is 6.88. The Kier molecular flexibility index (Phi) is 4.61. The Bertz CT molecular complexity index is 566. The fraction of sp³-hybridized carbons (Fsp3) is 0.467. The van der Waals surface area contributed by atoms with Gasteiger partial charge >= 0.3 is 0 Å². The number of rotatable bonds is 6. The third kappa shape index (κ3) is 3.50. The second-order valence-corrected chi connectivity index (χ2v) is 4.82. The van der Waals surface area contributed by atoms with Gasteiger partial charge in [0.2, 0.25) is 5.88 Å². The van der Waals surface area contributed by atoms with E-state index in [1.165, 1.54) is 6.33 Å². The quantitative estimate of drug-likeness (QED) is 0.872. The predicted molar refractivity (Wildman–Crippen MR) is 78.0 cm³/mol. The minimum Gasteiger partial charge on any atom is -0.478 e. The molecule has 108 valence electrons. The number of furan rings is 1. The summed E-state index contributed by atoms with van der Waals surface area (Å²) in [6.45, 7) is 8.71. The molecule has 0 aliphatic heterocycles. The lowest BCUT2D eigenvalue weighted by Gasteiger charge is -2.14. The first-order valence-electron chi connectivity index (χ1n) is 6.88. The maximum Gasteiger partial charge on any atom is 0.218 e. The van der Waals surface area contributed by atoms with Crippen LogP contribution in [0.5, 0.6) is 5.88 Å². The van der Waals surface area contributed by atoms with Crippen LogP contribution >= 0.6 is 0 Å². The van der Waals surface area contributed by atoms with Crippen molar-refractivity contribution in [1.82, 2.24) is 9.97 Å². The van der Waals surface area contributed by atoms with Gasteiger partial charge in [0.15, 0.2) is 0 Å². The summed E-state index contributed by atoms with van der Waals surface area (Å²) in [5.74, 6) is 3.19. The van der Waals surface area contributed by atoms with E-state index in [0.29, 0.717) is 12.5 Å². The van der Waals surface area contributed by atoms with Crippen LogP contribution < -0.4 is 10.1 Å². The molecule has 0 amide bonds. The van der Waals surface area contributed by atoms with E-state index < -0.39 is 0 Å². The molecule has 0 saturated heterocycles. The lowest BCUT2D eigenvalue weighted by atomic mass is 10.1. The van der Waals surface area contributed by atoms with Crippen LogP contribution in [0.15, 0.2) is 22.9 Å². The summed E-state index contributed by atoms with van der Waals surface area (Å²) in [6.07, 6.45) is 2.46. The van der Waals surface area contributed by atoms with E-state index in [1.54, 1.807) is 0 Å². The molecule has 0 bridgehead atoms. The Morgan fingerprint density at radius 3 is 2.75 bits per heavy atom. The molecule has 2 aromatic rings. The molecule has 20 heavy (non-hydrogen) atoms. The highest BCUT2D eigenvalue weighted by atomic mass is 16.5. The van der Waals surface area contributed by atoms with Crippen molar-refractivity contribution < 1.29 is 9.15 Å². The second kappa shape index (κ2) is 6.41. The van der Waals surface area contributed by atoms with Gasteiger partial charge < -0.3 is 14.5 Å². The highest BCUT2D eigenvalue weighted by molar-refractivity contribution is 5.41. The molecule has 2 rings (SSSR count). The van der Waals surface area contributed by atoms with Crippen LogP contribution in [0.25, 0.3) is 0 Å². The monoisotopic (exact) mass is 275 g/mol. The van der Waals surface area contributed by atoms with Crippen molar-refractivity contribution in [3.63, 3.8) is 0 Å². The minimum absolute atomic E-state index is 0.112. The van der Waals surface area contributed by atoms with Gasteiger partial charge in [0.05, 0.1) is 12.6 Å². The van der Waals surface area contributed by atoms with Gasteiger partial charge in [0, 0.05) is 11.6 Å². The summed E-state index contributed by atoms with van der Waals surface area (Å²) in [6, 6.07) is 3.97. The Morgan fingerprint density at radius 2 is 2.10 bits per heavy atom. The Balaban J connectivity index is 2.07. The van der Waals surface area contributed by atoms with E-state index in [4.69, 9.17) is 9.15 Å². The number of anilines is 1. The van der Waals surface area contributed by atoms with Crippen LogP contribution in [0.1, 0.15) is 43.4 Å². The van der Waals surface area contributed by atoms with E-state index >= 15 is 0 Å². The SMILES string of the molecule is CCCOc1cc(NC(C)c2cc(C)oc2C)ncn1. The van der Waals surface area contributed by atoms with Gasteiger partial charge in [-0.15, -0.1) is 0 Å². The number of nitrogens with one attached hydrogen (secondary N) is 1. The number of hydrogen-bond donors (Lipinski definition) is 1. The predicted octanol–water partition coefficient (Wildman–Crippen LogP) is 3.65. The zero-order valence-corrected chi connectivity index (χ0v) is 12.4. The van der Waals surface area contributed by atoms with Gasteiger partial charge in [-0.2, -0.15) is 0 Å². The molecule has 0 spiro atoms. The van der Waals surface area contributed by atoms with Crippen molar-refractivity contribution in [2.45, 2.75) is 40.2 Å². The zero-order chi connectivity index (χ0) is 14.5. The maximum absolute atomic E-state index is 5.55. The number of aromatic nitrogens is 2. The molecule has 0 aromatic carbocycles. The summed E-state index contributed by atoms with van der Waals surface area (Å²) in [5, 5.41) is 3.34. The third-order valence-corrected chi connectivity index (χ3v) is 3.01. The van der Waals surface area contributed by atoms with Crippen LogP contribution in [0.2, 0.25) is 0 Å². The Hall–Kier alpha value is -2.04. The molecule has 2 aromatic heterocycles. The van der Waals surface area contributed by atoms with Gasteiger partial charge in [0.25, 0.3) is 0 Å². The van der Waals surface area contributed by atoms with Gasteiger partial charge in [-0.25, -0.2) is 9.97 Å². The molecule has 0 fully saturated rings. The molecule has 0 aliphatic carbocycles. The topological polar surface area (TPSA) is 60.2 Å². The van der Waals surface area contributed by atoms with E-state index in [1.807, 2.05) is 26.0 Å². The van der Waals surface area contributed by atoms with Crippen molar-refractivity contribution in [3.8, 4) is 5.88 Å². The largest absolute Gasteiger partial charge is 0.478 e. The number of hydrogen-bond acceptors (Lipinski definition) is 5. The molecular weight excluding hydrogens is 254 g/mol. The Morgan fingerprint density at radius 1 is 1.30 bits per heavy atom. The van der Waals surface area contributed by atoms with Crippen LogP contribution in [0, 0.1) is 13.8 Å². The molecule has 0 aliphatic rings. The van der Waals surface area contributed by atoms with E-state index in [9.17, 15) is 0 Å². The summed E-state index contributed by atoms with van der Waals surface area (Å²) < 4.78 is 11.1. The lowest BCUT2D eigenvalue weighted by Crippen LogP contribution is -2.09. The van der Waals surface area contributed by atoms with E-state index in [0.717, 1.165) is 29.3 Å². The first-order chi connectivity index (χ1) is 9.60. The molecule has 0 radical (unpaired) electrons. The van der Waals surface area contributed by atoms with Gasteiger partial charge in [-0.05, 0) is 33.3 Å². The second-order valence-electron chi connectivity index (χ2n) is 4.82. The normalized spacial score (nSPS) is 12.2. The van der Waals surface area contributed by atoms with Gasteiger partial charge in [-0.1, -0.05) is 6.92 Å². The molecule has 0 saturated carbocycles. The maximum atomic E-state index is 5.55.